The summed E-state index contributed by atoms with van der Waals surface area (Å²) in [5.74, 6) is -1.02. The molecule has 1 aliphatic carbocycles. The Labute approximate surface area is 229 Å². The van der Waals surface area contributed by atoms with E-state index in [1.54, 1.807) is 12.1 Å². The average Bonchev–Trinajstić information content (AvgIpc) is 3.32. The number of piperazine rings is 1. The van der Waals surface area contributed by atoms with Crippen LogP contribution in [-0.2, 0) is 11.3 Å². The molecule has 0 spiro atoms. The number of carbonyl (C=O) groups excluding carboxylic acids is 2. The molecule has 14 nitrogen and oxygen atoms in total. The van der Waals surface area contributed by atoms with Crippen molar-refractivity contribution < 1.29 is 24.1 Å². The molecule has 2 aromatic heterocycles. The molecular weight excluding hydrogens is 520 g/mol. The minimum atomic E-state index is -0.543. The molecule has 2 saturated heterocycles. The summed E-state index contributed by atoms with van der Waals surface area (Å²) in [7, 11) is 0. The smallest absolute Gasteiger partial charge is 0.292 e. The molecule has 4 heterocycles. The summed E-state index contributed by atoms with van der Waals surface area (Å²) >= 11 is 0. The third kappa shape index (κ3) is 4.64. The van der Waals surface area contributed by atoms with E-state index in [1.807, 2.05) is 17.0 Å². The lowest BCUT2D eigenvalue weighted by Gasteiger charge is -2.36. The molecule has 208 valence electrons. The van der Waals surface area contributed by atoms with Crippen molar-refractivity contribution in [3.8, 4) is 0 Å². The molecule has 0 atom stereocenters. The number of rotatable bonds is 7. The number of pyridine rings is 1. The Kier molecular flexibility index (Phi) is 6.86. The van der Waals surface area contributed by atoms with Crippen LogP contribution in [0.3, 0.4) is 0 Å². The predicted octanol–water partition coefficient (Wildman–Crippen LogP) is 0.644. The zero-order valence-electron chi connectivity index (χ0n) is 21.8. The third-order valence-electron chi connectivity index (χ3n) is 7.65. The number of nitrogens with zero attached hydrogens (tertiary/aromatic N) is 8. The van der Waals surface area contributed by atoms with E-state index < -0.39 is 11.6 Å². The summed E-state index contributed by atoms with van der Waals surface area (Å²) in [6.45, 7) is 6.45. The number of ether oxygens (including phenoxy) is 1. The predicted molar refractivity (Wildman–Crippen MR) is 142 cm³/mol. The summed E-state index contributed by atoms with van der Waals surface area (Å²) in [5.41, 5.74) is 1.57. The summed E-state index contributed by atoms with van der Waals surface area (Å²) in [6, 6.07) is 8.34. The van der Waals surface area contributed by atoms with E-state index in [0.29, 0.717) is 45.0 Å². The van der Waals surface area contributed by atoms with Crippen LogP contribution in [0.5, 0.6) is 0 Å². The lowest BCUT2D eigenvalue weighted by Crippen LogP contribution is -2.47. The molecule has 0 N–H and O–H groups in total. The second-order valence-corrected chi connectivity index (χ2v) is 9.95. The van der Waals surface area contributed by atoms with Gasteiger partial charge in [-0.2, -0.15) is 0 Å². The van der Waals surface area contributed by atoms with E-state index in [-0.39, 0.29) is 38.1 Å². The fourth-order valence-electron chi connectivity index (χ4n) is 5.58. The van der Waals surface area contributed by atoms with Crippen LogP contribution >= 0.6 is 0 Å². The molecule has 14 heteroatoms. The Hall–Kier alpha value is -4.43. The Morgan fingerprint density at radius 1 is 0.975 bits per heavy atom. The average molecular weight is 549 g/mol. The van der Waals surface area contributed by atoms with Gasteiger partial charge in [-0.1, -0.05) is 0 Å². The zero-order chi connectivity index (χ0) is 27.8. The Morgan fingerprint density at radius 2 is 1.75 bits per heavy atom. The van der Waals surface area contributed by atoms with Gasteiger partial charge in [0.15, 0.2) is 0 Å². The highest BCUT2D eigenvalue weighted by molar-refractivity contribution is 6.25. The fourth-order valence-corrected chi connectivity index (χ4v) is 5.58. The Balaban J connectivity index is 1.07. The molecule has 0 amide bonds. The van der Waals surface area contributed by atoms with Crippen molar-refractivity contribution in [2.45, 2.75) is 13.0 Å². The molecule has 3 aromatic rings. The van der Waals surface area contributed by atoms with Crippen LogP contribution in [0.4, 0.5) is 17.1 Å². The maximum atomic E-state index is 13.0. The molecule has 6 rings (SSSR count). The minimum Gasteiger partial charge on any atom is -0.691 e. The van der Waals surface area contributed by atoms with Gasteiger partial charge >= 0.3 is 0 Å². The molecule has 0 radical (unpaired) electrons. The van der Waals surface area contributed by atoms with Crippen molar-refractivity contribution in [3.05, 3.63) is 74.5 Å². The highest BCUT2D eigenvalue weighted by Gasteiger charge is 2.42. The first-order valence-corrected chi connectivity index (χ1v) is 13.3. The number of aromatic nitrogens is 4. The summed E-state index contributed by atoms with van der Waals surface area (Å²) in [5, 5.41) is 27.9. The highest BCUT2D eigenvalue weighted by Crippen LogP contribution is 2.33. The number of benzene rings is 1. The van der Waals surface area contributed by atoms with Gasteiger partial charge in [0.2, 0.25) is 5.78 Å². The molecule has 1 aromatic carbocycles. The molecule has 3 aliphatic rings. The second-order valence-electron chi connectivity index (χ2n) is 9.95. The lowest BCUT2D eigenvalue weighted by molar-refractivity contribution is -0.672. The molecule has 40 heavy (non-hydrogen) atoms. The van der Waals surface area contributed by atoms with Crippen molar-refractivity contribution in [2.75, 3.05) is 68.8 Å². The van der Waals surface area contributed by atoms with E-state index in [4.69, 9.17) is 4.74 Å². The van der Waals surface area contributed by atoms with Gasteiger partial charge in [-0.15, -0.1) is 9.53 Å². The molecule has 0 saturated carbocycles. The van der Waals surface area contributed by atoms with Crippen molar-refractivity contribution in [1.82, 2.24) is 19.8 Å². The molecule has 0 unspecified atom stereocenters. The van der Waals surface area contributed by atoms with Crippen LogP contribution in [-0.4, -0.2) is 95.3 Å². The number of nitro groups is 1. The number of hydrogen-bond acceptors (Lipinski definition) is 11. The van der Waals surface area contributed by atoms with Crippen molar-refractivity contribution >= 4 is 28.6 Å². The first-order chi connectivity index (χ1) is 19.4. The van der Waals surface area contributed by atoms with Gasteiger partial charge in [0.25, 0.3) is 22.9 Å². The SMILES string of the molecule is O=C1c2ncccc2C(=O)c2c1n(CCCN1CCN(c3ccc([N+](=O)[O-])c(N4CCOCC4)c3)CC1)n[n+]2[O-]. The normalized spacial score (nSPS) is 17.6. The number of carbonyl (C=O) groups is 2. The van der Waals surface area contributed by atoms with Crippen LogP contribution in [0.15, 0.2) is 36.5 Å². The molecule has 2 fully saturated rings. The van der Waals surface area contributed by atoms with Crippen LogP contribution in [0, 0.1) is 15.3 Å². The van der Waals surface area contributed by atoms with Crippen molar-refractivity contribution in [3.63, 3.8) is 0 Å². The van der Waals surface area contributed by atoms with Gasteiger partial charge < -0.3 is 19.7 Å². The largest absolute Gasteiger partial charge is 0.691 e. The molecule has 2 aliphatic heterocycles. The topological polar surface area (TPSA) is 154 Å². The van der Waals surface area contributed by atoms with Gasteiger partial charge in [-0.05, 0) is 24.3 Å². The van der Waals surface area contributed by atoms with Crippen LogP contribution in [0.25, 0.3) is 0 Å². The Morgan fingerprint density at radius 3 is 2.50 bits per heavy atom. The summed E-state index contributed by atoms with van der Waals surface area (Å²) in [4.78, 5) is 47.9. The Bertz CT molecular complexity index is 1480. The summed E-state index contributed by atoms with van der Waals surface area (Å²) < 4.78 is 6.73. The maximum Gasteiger partial charge on any atom is 0.292 e. The first-order valence-electron chi connectivity index (χ1n) is 13.3. The number of hydrogen-bond donors (Lipinski definition) is 0. The van der Waals surface area contributed by atoms with Gasteiger partial charge in [0, 0.05) is 70.2 Å². The van der Waals surface area contributed by atoms with Gasteiger partial charge in [-0.3, -0.25) is 29.6 Å². The monoisotopic (exact) mass is 548 g/mol. The highest BCUT2D eigenvalue weighted by atomic mass is 16.6. The number of anilines is 2. The minimum absolute atomic E-state index is 0.00902. The van der Waals surface area contributed by atoms with Gasteiger partial charge in [0.1, 0.15) is 17.9 Å². The molecule has 0 bridgehead atoms. The van der Waals surface area contributed by atoms with E-state index in [1.165, 1.54) is 16.9 Å². The van der Waals surface area contributed by atoms with E-state index in [0.717, 1.165) is 38.4 Å². The quantitative estimate of drug-likeness (QED) is 0.138. The van der Waals surface area contributed by atoms with Crippen molar-refractivity contribution in [1.29, 1.82) is 0 Å². The maximum absolute atomic E-state index is 13.0. The number of nitro benzene ring substituents is 1. The third-order valence-corrected chi connectivity index (χ3v) is 7.65. The lowest BCUT2D eigenvalue weighted by atomic mass is 9.94. The summed E-state index contributed by atoms with van der Waals surface area (Å²) in [6.07, 6.45) is 2.07. The van der Waals surface area contributed by atoms with E-state index >= 15 is 0 Å². The van der Waals surface area contributed by atoms with Gasteiger partial charge in [0.05, 0.1) is 28.9 Å². The number of fused-ring (bicyclic) bond motifs is 2. The van der Waals surface area contributed by atoms with E-state index in [9.17, 15) is 24.9 Å². The van der Waals surface area contributed by atoms with Crippen LogP contribution in [0.1, 0.15) is 38.7 Å². The standard InChI is InChI=1S/C26H28N8O6/c35-25-19-3-1-6-27-22(19)26(36)23-24(25)33(37)28-32(23)8-2-7-29-9-11-30(12-10-29)18-4-5-20(34(38)39)21(17-18)31-13-15-40-16-14-31/h1,3-6,17H,2,7-16H2. The van der Waals surface area contributed by atoms with Crippen molar-refractivity contribution in [2.24, 2.45) is 0 Å². The first kappa shape index (κ1) is 25.8. The number of ketones is 2. The number of morpholine rings is 1. The number of aryl methyl sites for hydroxylation is 1. The second kappa shape index (κ2) is 10.6. The zero-order valence-corrected chi connectivity index (χ0v) is 21.8. The van der Waals surface area contributed by atoms with E-state index in [2.05, 4.69) is 20.0 Å². The fraction of sp³-hybridized carbons (Fsp3) is 0.423. The van der Waals surface area contributed by atoms with Crippen LogP contribution in [0.2, 0.25) is 0 Å². The molecular formula is C26H28N8O6. The van der Waals surface area contributed by atoms with Crippen LogP contribution < -0.4 is 14.6 Å². The van der Waals surface area contributed by atoms with Gasteiger partial charge in [-0.25, -0.2) is 0 Å².